The molecule has 7 nitrogen and oxygen atoms in total. The molecule has 32 heavy (non-hydrogen) atoms. The Morgan fingerprint density at radius 1 is 1.28 bits per heavy atom. The normalized spacial score (nSPS) is 13.9. The molecular weight excluding hydrogens is 442 g/mol. The predicted octanol–water partition coefficient (Wildman–Crippen LogP) is 5.54. The quantitative estimate of drug-likeness (QED) is 0.332. The van der Waals surface area contributed by atoms with E-state index in [1.54, 1.807) is 35.1 Å². The SMILES string of the molecule is C/C=C(Nc1nc(Nc2cc3c(cc2OC)CCN3C=O)nc2ccsc12)\C(=C/C)SC. The number of thiophene rings is 1. The molecule has 4 rings (SSSR count). The highest BCUT2D eigenvalue weighted by Gasteiger charge is 2.22. The molecule has 1 aliphatic rings. The third-order valence-corrected chi connectivity index (χ3v) is 7.10. The van der Waals surface area contributed by atoms with Crippen molar-refractivity contribution in [3.05, 3.63) is 51.9 Å². The molecule has 166 valence electrons. The van der Waals surface area contributed by atoms with Gasteiger partial charge in [-0.1, -0.05) is 12.2 Å². The van der Waals surface area contributed by atoms with E-state index in [0.29, 0.717) is 23.9 Å². The number of amides is 1. The average molecular weight is 468 g/mol. The Labute approximate surface area is 195 Å². The van der Waals surface area contributed by atoms with E-state index < -0.39 is 0 Å². The maximum Gasteiger partial charge on any atom is 0.229 e. The van der Waals surface area contributed by atoms with Crippen LogP contribution >= 0.6 is 23.1 Å². The fraction of sp³-hybridized carbons (Fsp3) is 0.261. The number of nitrogens with zero attached hydrogens (tertiary/aromatic N) is 3. The number of aromatic nitrogens is 2. The minimum atomic E-state index is 0.453. The van der Waals surface area contributed by atoms with Crippen LogP contribution in [0.4, 0.5) is 23.1 Å². The van der Waals surface area contributed by atoms with Crippen LogP contribution in [0.15, 0.2) is 46.3 Å². The second kappa shape index (κ2) is 9.62. The number of fused-ring (bicyclic) bond motifs is 2. The van der Waals surface area contributed by atoms with Crippen LogP contribution in [0.5, 0.6) is 5.75 Å². The van der Waals surface area contributed by atoms with Crippen molar-refractivity contribution in [1.29, 1.82) is 0 Å². The maximum atomic E-state index is 11.4. The fourth-order valence-electron chi connectivity index (χ4n) is 3.73. The van der Waals surface area contributed by atoms with Gasteiger partial charge in [-0.25, -0.2) is 4.98 Å². The summed E-state index contributed by atoms with van der Waals surface area (Å²) >= 11 is 3.28. The number of hydrogen-bond donors (Lipinski definition) is 2. The zero-order chi connectivity index (χ0) is 22.7. The van der Waals surface area contributed by atoms with E-state index in [0.717, 1.165) is 50.7 Å². The van der Waals surface area contributed by atoms with E-state index in [1.165, 1.54) is 0 Å². The smallest absolute Gasteiger partial charge is 0.229 e. The summed E-state index contributed by atoms with van der Waals surface area (Å²) in [5.41, 5.74) is 4.53. The molecule has 2 N–H and O–H groups in total. The van der Waals surface area contributed by atoms with Crippen LogP contribution in [-0.2, 0) is 11.2 Å². The minimum Gasteiger partial charge on any atom is -0.495 e. The molecule has 0 radical (unpaired) electrons. The Kier molecular flexibility index (Phi) is 6.66. The average Bonchev–Trinajstić information content (AvgIpc) is 3.44. The van der Waals surface area contributed by atoms with Gasteiger partial charge in [0.05, 0.1) is 23.0 Å². The molecule has 0 unspecified atom stereocenters. The summed E-state index contributed by atoms with van der Waals surface area (Å²) in [6.07, 6.45) is 7.84. The van der Waals surface area contributed by atoms with Crippen molar-refractivity contribution in [3.8, 4) is 5.75 Å². The highest BCUT2D eigenvalue weighted by Crippen LogP contribution is 2.38. The number of benzene rings is 1. The zero-order valence-corrected chi connectivity index (χ0v) is 20.1. The molecule has 3 aromatic rings. The monoisotopic (exact) mass is 467 g/mol. The first-order chi connectivity index (χ1) is 15.6. The lowest BCUT2D eigenvalue weighted by molar-refractivity contribution is -0.107. The number of rotatable bonds is 8. The summed E-state index contributed by atoms with van der Waals surface area (Å²) in [6, 6.07) is 5.87. The fourth-order valence-corrected chi connectivity index (χ4v) is 5.13. The van der Waals surface area contributed by atoms with Gasteiger partial charge in [0.15, 0.2) is 5.82 Å². The lowest BCUT2D eigenvalue weighted by Crippen LogP contribution is -2.17. The van der Waals surface area contributed by atoms with Crippen molar-refractivity contribution in [1.82, 2.24) is 9.97 Å². The zero-order valence-electron chi connectivity index (χ0n) is 18.4. The largest absolute Gasteiger partial charge is 0.495 e. The van der Waals surface area contributed by atoms with Crippen LogP contribution < -0.4 is 20.3 Å². The number of ether oxygens (including phenoxy) is 1. The molecule has 0 spiro atoms. The molecule has 0 aliphatic carbocycles. The molecule has 0 saturated carbocycles. The highest BCUT2D eigenvalue weighted by atomic mass is 32.2. The molecule has 3 heterocycles. The summed E-state index contributed by atoms with van der Waals surface area (Å²) in [5, 5.41) is 8.79. The molecule has 0 bridgehead atoms. The van der Waals surface area contributed by atoms with E-state index in [-0.39, 0.29) is 0 Å². The van der Waals surface area contributed by atoms with Crippen LogP contribution in [-0.4, -0.2) is 36.3 Å². The van der Waals surface area contributed by atoms with E-state index in [9.17, 15) is 4.79 Å². The Balaban J connectivity index is 1.73. The lowest BCUT2D eigenvalue weighted by Gasteiger charge is -2.17. The molecule has 9 heteroatoms. The predicted molar refractivity (Wildman–Crippen MR) is 135 cm³/mol. The van der Waals surface area contributed by atoms with Gasteiger partial charge in [0.1, 0.15) is 5.75 Å². The van der Waals surface area contributed by atoms with Crippen molar-refractivity contribution >= 4 is 62.9 Å². The van der Waals surface area contributed by atoms with Crippen molar-refractivity contribution in [2.24, 2.45) is 0 Å². The van der Waals surface area contributed by atoms with Gasteiger partial charge < -0.3 is 20.3 Å². The van der Waals surface area contributed by atoms with E-state index in [4.69, 9.17) is 9.72 Å². The molecule has 0 atom stereocenters. The van der Waals surface area contributed by atoms with Gasteiger partial charge in [-0.05, 0) is 55.7 Å². The Morgan fingerprint density at radius 3 is 2.81 bits per heavy atom. The van der Waals surface area contributed by atoms with Crippen molar-refractivity contribution < 1.29 is 9.53 Å². The highest BCUT2D eigenvalue weighted by molar-refractivity contribution is 8.02. The van der Waals surface area contributed by atoms with Gasteiger partial charge in [0, 0.05) is 22.8 Å². The van der Waals surface area contributed by atoms with Crippen molar-refractivity contribution in [2.45, 2.75) is 20.3 Å². The number of thioether (sulfide) groups is 1. The van der Waals surface area contributed by atoms with Crippen LogP contribution in [0, 0.1) is 0 Å². The van der Waals surface area contributed by atoms with E-state index in [1.807, 2.05) is 43.5 Å². The third-order valence-electron chi connectivity index (χ3n) is 5.30. The molecule has 0 fully saturated rings. The Morgan fingerprint density at radius 2 is 2.12 bits per heavy atom. The topological polar surface area (TPSA) is 79.4 Å². The summed E-state index contributed by atoms with van der Waals surface area (Å²) in [4.78, 5) is 23.7. The van der Waals surface area contributed by atoms with Crippen LogP contribution in [0.2, 0.25) is 0 Å². The summed E-state index contributed by atoms with van der Waals surface area (Å²) in [7, 11) is 1.63. The lowest BCUT2D eigenvalue weighted by atomic mass is 10.1. The number of allylic oxidation sites excluding steroid dienone is 2. The third kappa shape index (κ3) is 4.18. The van der Waals surface area contributed by atoms with E-state index >= 15 is 0 Å². The number of anilines is 4. The standard InChI is InChI=1S/C23H25N5O2S2/c1-5-15(20(6-2)31-4)24-22-21-16(8-10-32-21)25-23(27-22)26-17-12-18-14(11-19(17)30-3)7-9-28(18)13-29/h5-6,8,10-13H,7,9H2,1-4H3,(H2,24,25,26,27)/b15-5+,20-6+. The number of hydrogen-bond acceptors (Lipinski definition) is 8. The molecule has 2 aromatic heterocycles. The second-order valence-electron chi connectivity index (χ2n) is 7.07. The first kappa shape index (κ1) is 22.2. The van der Waals surface area contributed by atoms with Gasteiger partial charge in [-0.2, -0.15) is 4.98 Å². The Hall–Kier alpha value is -3.04. The van der Waals surface area contributed by atoms with Crippen LogP contribution in [0.3, 0.4) is 0 Å². The van der Waals surface area contributed by atoms with Gasteiger partial charge in [0.25, 0.3) is 0 Å². The number of carbonyl (C=O) groups is 1. The molecule has 1 aliphatic heterocycles. The number of methoxy groups -OCH3 is 1. The van der Waals surface area contributed by atoms with Crippen LogP contribution in [0.1, 0.15) is 19.4 Å². The number of nitrogens with one attached hydrogen (secondary N) is 2. The van der Waals surface area contributed by atoms with Gasteiger partial charge in [0.2, 0.25) is 12.4 Å². The minimum absolute atomic E-state index is 0.453. The maximum absolute atomic E-state index is 11.4. The molecule has 1 amide bonds. The van der Waals surface area contributed by atoms with Crippen LogP contribution in [0.25, 0.3) is 10.2 Å². The van der Waals surface area contributed by atoms with Crippen molar-refractivity contribution in [3.63, 3.8) is 0 Å². The van der Waals surface area contributed by atoms with Gasteiger partial charge in [-0.3, -0.25) is 4.79 Å². The summed E-state index contributed by atoms with van der Waals surface area (Å²) in [5.74, 6) is 1.88. The second-order valence-corrected chi connectivity index (χ2v) is 8.83. The Bertz CT molecular complexity index is 1220. The number of carbonyl (C=O) groups excluding carboxylic acids is 1. The molecule has 0 saturated heterocycles. The van der Waals surface area contributed by atoms with Gasteiger partial charge in [-0.15, -0.1) is 23.1 Å². The van der Waals surface area contributed by atoms with Gasteiger partial charge >= 0.3 is 0 Å². The first-order valence-corrected chi connectivity index (χ1v) is 12.3. The molecular formula is C23H25N5O2S2. The molecule has 1 aromatic carbocycles. The van der Waals surface area contributed by atoms with E-state index in [2.05, 4.69) is 27.9 Å². The first-order valence-electron chi connectivity index (χ1n) is 10.2. The van der Waals surface area contributed by atoms with Crippen molar-refractivity contribution in [2.75, 3.05) is 35.4 Å². The summed E-state index contributed by atoms with van der Waals surface area (Å²) < 4.78 is 6.58. The summed E-state index contributed by atoms with van der Waals surface area (Å²) in [6.45, 7) is 4.70.